The van der Waals surface area contributed by atoms with Crippen molar-refractivity contribution in [3.63, 3.8) is 0 Å². The number of likely N-dealkylation sites (tertiary alicyclic amines) is 1. The van der Waals surface area contributed by atoms with Gasteiger partial charge in [0.25, 0.3) is 0 Å². The summed E-state index contributed by atoms with van der Waals surface area (Å²) in [7, 11) is 0. The molecule has 0 saturated carbocycles. The molecule has 0 atom stereocenters. The second-order valence-electron chi connectivity index (χ2n) is 6.62. The van der Waals surface area contributed by atoms with Gasteiger partial charge in [-0.1, -0.05) is 27.2 Å². The van der Waals surface area contributed by atoms with Gasteiger partial charge < -0.3 is 20.4 Å². The maximum absolute atomic E-state index is 9.58. The first-order valence-electron chi connectivity index (χ1n) is 9.04. The molecule has 3 heterocycles. The number of aromatic amines is 1. The molecule has 1 saturated heterocycles. The molecule has 3 aromatic rings. The van der Waals surface area contributed by atoms with Gasteiger partial charge in [0.15, 0.2) is 11.5 Å². The summed E-state index contributed by atoms with van der Waals surface area (Å²) in [4.78, 5) is 14.8. The largest absolute Gasteiger partial charge is 0.409 e. The standard InChI is InChI=1S/C19H21BrN6O/c20-13-4-3-5-14(12-13)22-18(25-27)15-6-8-21-19-17(15)23-16(24-19)7-11-26-9-1-2-10-26/h3-6,8,12,27H,1-2,7,9-11H2,(H,22,25)(H,21,23,24). The Labute approximate surface area is 165 Å². The number of rotatable bonds is 5. The number of aromatic nitrogens is 3. The molecule has 3 N–H and O–H groups in total. The van der Waals surface area contributed by atoms with Crippen molar-refractivity contribution in [2.75, 3.05) is 25.0 Å². The first kappa shape index (κ1) is 17.9. The van der Waals surface area contributed by atoms with E-state index in [0.29, 0.717) is 11.5 Å². The molecule has 0 radical (unpaired) electrons. The van der Waals surface area contributed by atoms with Gasteiger partial charge in [-0.3, -0.25) is 0 Å². The summed E-state index contributed by atoms with van der Waals surface area (Å²) in [5, 5.41) is 16.2. The first-order valence-corrected chi connectivity index (χ1v) is 9.83. The van der Waals surface area contributed by atoms with Gasteiger partial charge in [-0.05, 0) is 50.2 Å². The minimum atomic E-state index is 0.343. The Hall–Kier alpha value is -2.45. The fraction of sp³-hybridized carbons (Fsp3) is 0.316. The van der Waals surface area contributed by atoms with Crippen LogP contribution in [0.15, 0.2) is 46.2 Å². The normalized spacial score (nSPS) is 15.5. The summed E-state index contributed by atoms with van der Waals surface area (Å²) < 4.78 is 0.940. The molecule has 140 valence electrons. The van der Waals surface area contributed by atoms with E-state index in [1.54, 1.807) is 6.20 Å². The molecular weight excluding hydrogens is 408 g/mol. The zero-order valence-corrected chi connectivity index (χ0v) is 16.4. The zero-order valence-electron chi connectivity index (χ0n) is 14.8. The molecule has 1 fully saturated rings. The second kappa shape index (κ2) is 8.06. The molecule has 1 aromatic carbocycles. The highest BCUT2D eigenvalue weighted by atomic mass is 79.9. The van der Waals surface area contributed by atoms with Crippen molar-refractivity contribution in [3.05, 3.63) is 52.4 Å². The van der Waals surface area contributed by atoms with Crippen molar-refractivity contribution in [2.24, 2.45) is 5.16 Å². The highest BCUT2D eigenvalue weighted by Crippen LogP contribution is 2.20. The number of hydrogen-bond donors (Lipinski definition) is 3. The van der Waals surface area contributed by atoms with Crippen LogP contribution in [0, 0.1) is 0 Å². The van der Waals surface area contributed by atoms with Crippen molar-refractivity contribution in [2.45, 2.75) is 19.3 Å². The number of anilines is 1. The van der Waals surface area contributed by atoms with Crippen LogP contribution in [0.5, 0.6) is 0 Å². The number of oxime groups is 1. The summed E-state index contributed by atoms with van der Waals surface area (Å²) in [6.07, 6.45) is 5.09. The van der Waals surface area contributed by atoms with Gasteiger partial charge in [0.05, 0.1) is 5.52 Å². The van der Waals surface area contributed by atoms with Crippen LogP contribution < -0.4 is 5.32 Å². The number of H-pyrrole nitrogens is 1. The Balaban J connectivity index is 1.58. The van der Waals surface area contributed by atoms with Crippen LogP contribution in [-0.2, 0) is 6.42 Å². The van der Waals surface area contributed by atoms with Gasteiger partial charge in [0, 0.05) is 34.9 Å². The van der Waals surface area contributed by atoms with Gasteiger partial charge in [-0.25, -0.2) is 9.97 Å². The lowest BCUT2D eigenvalue weighted by Crippen LogP contribution is -2.22. The summed E-state index contributed by atoms with van der Waals surface area (Å²) >= 11 is 3.45. The molecule has 0 bridgehead atoms. The summed E-state index contributed by atoms with van der Waals surface area (Å²) in [5.74, 6) is 1.24. The zero-order chi connectivity index (χ0) is 18.6. The Morgan fingerprint density at radius 1 is 1.30 bits per heavy atom. The van der Waals surface area contributed by atoms with Gasteiger partial charge >= 0.3 is 0 Å². The molecule has 7 nitrogen and oxygen atoms in total. The van der Waals surface area contributed by atoms with E-state index in [1.807, 2.05) is 30.3 Å². The maximum Gasteiger partial charge on any atom is 0.179 e. The SMILES string of the molecule is O/N=C(/Nc1cccc(Br)c1)c1ccnc2nc(CCN3CCCC3)[nH]c12. The van der Waals surface area contributed by atoms with Crippen LogP contribution in [0.4, 0.5) is 5.69 Å². The van der Waals surface area contributed by atoms with E-state index in [0.717, 1.165) is 40.0 Å². The average molecular weight is 429 g/mol. The molecule has 1 aliphatic rings. The van der Waals surface area contributed by atoms with Crippen LogP contribution in [0.3, 0.4) is 0 Å². The third-order valence-electron chi connectivity index (χ3n) is 4.75. The average Bonchev–Trinajstić information content (AvgIpc) is 3.33. The second-order valence-corrected chi connectivity index (χ2v) is 7.54. The van der Waals surface area contributed by atoms with E-state index in [1.165, 1.54) is 25.9 Å². The third kappa shape index (κ3) is 4.12. The molecule has 4 rings (SSSR count). The smallest absolute Gasteiger partial charge is 0.179 e. The van der Waals surface area contributed by atoms with Crippen LogP contribution in [0.1, 0.15) is 24.2 Å². The minimum Gasteiger partial charge on any atom is -0.409 e. The number of amidine groups is 1. The number of hydrogen-bond acceptors (Lipinski definition) is 5. The van der Waals surface area contributed by atoms with Crippen LogP contribution in [0.2, 0.25) is 0 Å². The van der Waals surface area contributed by atoms with Crippen LogP contribution in [0.25, 0.3) is 11.2 Å². The number of halogens is 1. The lowest BCUT2D eigenvalue weighted by molar-refractivity contribution is 0.319. The quantitative estimate of drug-likeness (QED) is 0.250. The molecule has 0 amide bonds. The van der Waals surface area contributed by atoms with E-state index in [2.05, 4.69) is 46.3 Å². The lowest BCUT2D eigenvalue weighted by Gasteiger charge is -2.12. The highest BCUT2D eigenvalue weighted by molar-refractivity contribution is 9.10. The molecule has 2 aromatic heterocycles. The van der Waals surface area contributed by atoms with E-state index < -0.39 is 0 Å². The van der Waals surface area contributed by atoms with Crippen LogP contribution >= 0.6 is 15.9 Å². The predicted molar refractivity (Wildman–Crippen MR) is 109 cm³/mol. The molecule has 0 unspecified atom stereocenters. The summed E-state index contributed by atoms with van der Waals surface area (Å²) in [6, 6.07) is 9.48. The highest BCUT2D eigenvalue weighted by Gasteiger charge is 2.16. The minimum absolute atomic E-state index is 0.343. The van der Waals surface area contributed by atoms with E-state index >= 15 is 0 Å². The van der Waals surface area contributed by atoms with E-state index in [9.17, 15) is 5.21 Å². The number of nitrogens with one attached hydrogen (secondary N) is 2. The number of benzene rings is 1. The fourth-order valence-corrected chi connectivity index (χ4v) is 3.79. The molecule has 0 aliphatic carbocycles. The summed E-state index contributed by atoms with van der Waals surface area (Å²) in [6.45, 7) is 3.33. The molecular formula is C19H21BrN6O. The number of imidazole rings is 1. The van der Waals surface area contributed by atoms with E-state index in [4.69, 9.17) is 0 Å². The Morgan fingerprint density at radius 2 is 2.15 bits per heavy atom. The maximum atomic E-state index is 9.58. The monoisotopic (exact) mass is 428 g/mol. The Bertz CT molecular complexity index is 964. The van der Waals surface area contributed by atoms with E-state index in [-0.39, 0.29) is 0 Å². The first-order chi connectivity index (χ1) is 13.2. The number of fused-ring (bicyclic) bond motifs is 1. The molecule has 27 heavy (non-hydrogen) atoms. The predicted octanol–water partition coefficient (Wildman–Crippen LogP) is 3.61. The lowest BCUT2D eigenvalue weighted by atomic mass is 10.2. The van der Waals surface area contributed by atoms with Crippen molar-refractivity contribution in [3.8, 4) is 0 Å². The molecule has 1 aliphatic heterocycles. The Kier molecular flexibility index (Phi) is 5.35. The van der Waals surface area contributed by atoms with Crippen molar-refractivity contribution < 1.29 is 5.21 Å². The van der Waals surface area contributed by atoms with Gasteiger partial charge in [0.2, 0.25) is 0 Å². The van der Waals surface area contributed by atoms with Gasteiger partial charge in [-0.15, -0.1) is 0 Å². The van der Waals surface area contributed by atoms with Crippen LogP contribution in [-0.4, -0.2) is 50.5 Å². The third-order valence-corrected chi connectivity index (χ3v) is 5.24. The van der Waals surface area contributed by atoms with Gasteiger partial charge in [0.1, 0.15) is 5.82 Å². The molecule has 0 spiro atoms. The van der Waals surface area contributed by atoms with Crippen molar-refractivity contribution in [1.82, 2.24) is 19.9 Å². The van der Waals surface area contributed by atoms with Gasteiger partial charge in [-0.2, -0.15) is 0 Å². The number of pyridine rings is 1. The molecule has 8 heteroatoms. The summed E-state index contributed by atoms with van der Waals surface area (Å²) in [5.41, 5.74) is 2.93. The van der Waals surface area contributed by atoms with Crippen molar-refractivity contribution in [1.29, 1.82) is 0 Å². The topological polar surface area (TPSA) is 89.4 Å². The van der Waals surface area contributed by atoms with Crippen molar-refractivity contribution >= 4 is 38.6 Å². The number of nitrogens with zero attached hydrogens (tertiary/aromatic N) is 4. The Morgan fingerprint density at radius 3 is 2.93 bits per heavy atom. The fourth-order valence-electron chi connectivity index (χ4n) is 3.39.